The normalized spacial score (nSPS) is 12.3. The van der Waals surface area contributed by atoms with Crippen LogP contribution in [0.15, 0.2) is 36.4 Å². The molecule has 0 radical (unpaired) electrons. The molecule has 25 heavy (non-hydrogen) atoms. The standard InChI is InChI=1S/C17H19ClN4O2S/c1-21-16-14(19)9-8-13(18)15(16)17(20-21)22(25(3)23)10-11-4-6-12(24-2)7-5-11/h4-9H,10,19H2,1-3H3. The van der Waals surface area contributed by atoms with Crippen LogP contribution >= 0.6 is 11.6 Å². The first-order valence-corrected chi connectivity index (χ1v) is 9.46. The molecule has 132 valence electrons. The van der Waals surface area contributed by atoms with E-state index in [-0.39, 0.29) is 0 Å². The Morgan fingerprint density at radius 2 is 1.96 bits per heavy atom. The number of nitrogens with two attached hydrogens (primary N) is 1. The molecule has 0 fully saturated rings. The molecule has 0 bridgehead atoms. The van der Waals surface area contributed by atoms with Gasteiger partial charge in [0, 0.05) is 13.3 Å². The minimum Gasteiger partial charge on any atom is -0.497 e. The summed E-state index contributed by atoms with van der Waals surface area (Å²) in [4.78, 5) is 0. The van der Waals surface area contributed by atoms with E-state index in [2.05, 4.69) is 5.10 Å². The van der Waals surface area contributed by atoms with Crippen molar-refractivity contribution in [3.8, 4) is 5.75 Å². The predicted molar refractivity (Wildman–Crippen MR) is 103 cm³/mol. The highest BCUT2D eigenvalue weighted by Gasteiger charge is 2.22. The lowest BCUT2D eigenvalue weighted by atomic mass is 10.2. The molecule has 3 rings (SSSR count). The average Bonchev–Trinajstić information content (AvgIpc) is 2.94. The summed E-state index contributed by atoms with van der Waals surface area (Å²) in [7, 11) is 2.12. The van der Waals surface area contributed by atoms with E-state index in [4.69, 9.17) is 22.1 Å². The van der Waals surface area contributed by atoms with Crippen molar-refractivity contribution in [3.63, 3.8) is 0 Å². The second kappa shape index (κ2) is 6.93. The summed E-state index contributed by atoms with van der Waals surface area (Å²) in [5, 5.41) is 5.75. The summed E-state index contributed by atoms with van der Waals surface area (Å²) < 4.78 is 21.0. The minimum absolute atomic E-state index is 0.421. The summed E-state index contributed by atoms with van der Waals surface area (Å²) in [5.41, 5.74) is 8.36. The monoisotopic (exact) mass is 378 g/mol. The van der Waals surface area contributed by atoms with Gasteiger partial charge in [0.15, 0.2) is 5.82 Å². The fourth-order valence-corrected chi connectivity index (χ4v) is 3.68. The summed E-state index contributed by atoms with van der Waals surface area (Å²) in [6.45, 7) is 0.421. The van der Waals surface area contributed by atoms with Crippen LogP contribution in [-0.4, -0.2) is 27.4 Å². The second-order valence-electron chi connectivity index (χ2n) is 5.62. The minimum atomic E-state index is -1.29. The van der Waals surface area contributed by atoms with Crippen molar-refractivity contribution in [2.75, 3.05) is 23.4 Å². The van der Waals surface area contributed by atoms with Gasteiger partial charge in [-0.1, -0.05) is 23.7 Å². The van der Waals surface area contributed by atoms with E-state index >= 15 is 0 Å². The van der Waals surface area contributed by atoms with Gasteiger partial charge < -0.3 is 10.5 Å². The maximum absolute atomic E-state index is 12.4. The van der Waals surface area contributed by atoms with Crippen molar-refractivity contribution in [1.29, 1.82) is 0 Å². The average molecular weight is 379 g/mol. The Bertz CT molecular complexity index is 940. The van der Waals surface area contributed by atoms with E-state index in [9.17, 15) is 4.21 Å². The van der Waals surface area contributed by atoms with Gasteiger partial charge in [0.25, 0.3) is 0 Å². The van der Waals surface area contributed by atoms with E-state index in [1.165, 1.54) is 0 Å². The quantitative estimate of drug-likeness (QED) is 0.692. The molecule has 0 aliphatic carbocycles. The molecule has 0 spiro atoms. The highest BCUT2D eigenvalue weighted by atomic mass is 35.5. The zero-order valence-electron chi connectivity index (χ0n) is 14.2. The molecule has 0 amide bonds. The van der Waals surface area contributed by atoms with Crippen LogP contribution in [0.4, 0.5) is 11.5 Å². The van der Waals surface area contributed by atoms with Crippen LogP contribution in [0.5, 0.6) is 5.75 Å². The Hall–Kier alpha value is -2.25. The molecule has 1 unspecified atom stereocenters. The van der Waals surface area contributed by atoms with Gasteiger partial charge in [-0.2, -0.15) is 5.10 Å². The first kappa shape index (κ1) is 17.6. The number of aryl methyl sites for hydroxylation is 1. The lowest BCUT2D eigenvalue weighted by Crippen LogP contribution is -2.25. The third-order valence-electron chi connectivity index (χ3n) is 3.98. The van der Waals surface area contributed by atoms with Gasteiger partial charge >= 0.3 is 0 Å². The Morgan fingerprint density at radius 1 is 1.28 bits per heavy atom. The van der Waals surface area contributed by atoms with Crippen LogP contribution < -0.4 is 14.8 Å². The summed E-state index contributed by atoms with van der Waals surface area (Å²) in [5.74, 6) is 1.32. The number of fused-ring (bicyclic) bond motifs is 1. The van der Waals surface area contributed by atoms with Crippen LogP contribution in [0.3, 0.4) is 0 Å². The number of anilines is 2. The molecule has 2 N–H and O–H groups in total. The van der Waals surface area contributed by atoms with Gasteiger partial charge in [-0.05, 0) is 29.8 Å². The zero-order valence-corrected chi connectivity index (χ0v) is 15.8. The van der Waals surface area contributed by atoms with Gasteiger partial charge in [-0.25, -0.2) is 4.21 Å². The largest absolute Gasteiger partial charge is 0.497 e. The number of hydrogen-bond donors (Lipinski definition) is 1. The highest BCUT2D eigenvalue weighted by molar-refractivity contribution is 7.85. The third kappa shape index (κ3) is 3.29. The van der Waals surface area contributed by atoms with Crippen molar-refractivity contribution in [2.45, 2.75) is 6.54 Å². The summed E-state index contributed by atoms with van der Waals surface area (Å²) in [6, 6.07) is 11.1. The van der Waals surface area contributed by atoms with Crippen molar-refractivity contribution in [2.24, 2.45) is 7.05 Å². The predicted octanol–water partition coefficient (Wildman–Crippen LogP) is 3.12. The van der Waals surface area contributed by atoms with Crippen molar-refractivity contribution in [1.82, 2.24) is 9.78 Å². The number of nitrogen functional groups attached to an aromatic ring is 1. The highest BCUT2D eigenvalue weighted by Crippen LogP contribution is 2.36. The Labute approximate surface area is 153 Å². The number of nitrogens with zero attached hydrogens (tertiary/aromatic N) is 3. The molecule has 3 aromatic rings. The maximum atomic E-state index is 12.4. The van der Waals surface area contributed by atoms with Crippen LogP contribution in [-0.2, 0) is 24.6 Å². The molecular weight excluding hydrogens is 360 g/mol. The molecule has 6 nitrogen and oxygen atoms in total. The fraction of sp³-hybridized carbons (Fsp3) is 0.235. The molecule has 1 aromatic heterocycles. The summed E-state index contributed by atoms with van der Waals surface area (Å²) in [6.07, 6.45) is 1.62. The number of benzene rings is 2. The lowest BCUT2D eigenvalue weighted by molar-refractivity contribution is 0.414. The van der Waals surface area contributed by atoms with Crippen LogP contribution in [0.1, 0.15) is 5.56 Å². The summed E-state index contributed by atoms with van der Waals surface area (Å²) >= 11 is 6.39. The van der Waals surface area contributed by atoms with Crippen LogP contribution in [0.2, 0.25) is 5.02 Å². The molecule has 0 aliphatic heterocycles. The Balaban J connectivity index is 2.08. The Kier molecular flexibility index (Phi) is 4.87. The molecule has 2 aromatic carbocycles. The van der Waals surface area contributed by atoms with E-state index in [0.29, 0.717) is 28.5 Å². The molecule has 8 heteroatoms. The van der Waals surface area contributed by atoms with Crippen molar-refractivity contribution < 1.29 is 8.95 Å². The molecule has 1 heterocycles. The second-order valence-corrected chi connectivity index (χ2v) is 7.31. The molecule has 0 aliphatic rings. The van der Waals surface area contributed by atoms with E-state index < -0.39 is 11.0 Å². The maximum Gasteiger partial charge on any atom is 0.172 e. The van der Waals surface area contributed by atoms with E-state index in [0.717, 1.165) is 16.8 Å². The number of hydrogen-bond acceptors (Lipinski definition) is 4. The number of aromatic nitrogens is 2. The topological polar surface area (TPSA) is 73.4 Å². The third-order valence-corrected chi connectivity index (χ3v) is 5.22. The SMILES string of the molecule is COc1ccc(CN(c2nn(C)c3c(N)ccc(Cl)c23)S(C)=O)cc1. The van der Waals surface area contributed by atoms with Gasteiger partial charge in [-0.15, -0.1) is 0 Å². The molecule has 1 atom stereocenters. The van der Waals surface area contributed by atoms with Gasteiger partial charge in [0.1, 0.15) is 16.7 Å². The zero-order chi connectivity index (χ0) is 18.1. The number of rotatable bonds is 5. The van der Waals surface area contributed by atoms with Gasteiger partial charge in [-0.3, -0.25) is 8.99 Å². The first-order chi connectivity index (χ1) is 11.9. The number of methoxy groups -OCH3 is 1. The van der Waals surface area contributed by atoms with Crippen molar-refractivity contribution in [3.05, 3.63) is 47.0 Å². The first-order valence-electron chi connectivity index (χ1n) is 7.57. The van der Waals surface area contributed by atoms with Gasteiger partial charge in [0.2, 0.25) is 0 Å². The Morgan fingerprint density at radius 3 is 2.56 bits per heavy atom. The number of halogens is 1. The fourth-order valence-electron chi connectivity index (χ4n) is 2.74. The van der Waals surface area contributed by atoms with Crippen LogP contribution in [0.25, 0.3) is 10.9 Å². The molecular formula is C17H19ClN4O2S. The molecule has 0 saturated carbocycles. The van der Waals surface area contributed by atoms with E-state index in [1.54, 1.807) is 41.5 Å². The van der Waals surface area contributed by atoms with Gasteiger partial charge in [0.05, 0.1) is 35.3 Å². The van der Waals surface area contributed by atoms with Crippen molar-refractivity contribution >= 4 is 45.0 Å². The molecule has 0 saturated heterocycles. The number of ether oxygens (including phenoxy) is 1. The lowest BCUT2D eigenvalue weighted by Gasteiger charge is -2.20. The van der Waals surface area contributed by atoms with E-state index in [1.807, 2.05) is 24.3 Å². The smallest absolute Gasteiger partial charge is 0.172 e. The van der Waals surface area contributed by atoms with Crippen LogP contribution in [0, 0.1) is 0 Å².